The third kappa shape index (κ3) is 3.34. The van der Waals surface area contributed by atoms with Crippen molar-refractivity contribution in [3.05, 3.63) is 110 Å². The zero-order valence-corrected chi connectivity index (χ0v) is 21.3. The zero-order valence-electron chi connectivity index (χ0n) is 21.3. The lowest BCUT2D eigenvalue weighted by molar-refractivity contribution is -0.668. The molecule has 38 heavy (non-hydrogen) atoms. The van der Waals surface area contributed by atoms with Gasteiger partial charge in [0.25, 0.3) is 5.52 Å². The first-order valence-corrected chi connectivity index (χ1v) is 12.9. The summed E-state index contributed by atoms with van der Waals surface area (Å²) in [5.41, 5.74) is 5.55. The number of fused-ring (bicyclic) bond motifs is 5. The molecule has 0 saturated carbocycles. The molecule has 7 rings (SSSR count). The Bertz CT molecular complexity index is 2000. The van der Waals surface area contributed by atoms with Crippen LogP contribution in [0.5, 0.6) is 5.75 Å². The third-order valence-corrected chi connectivity index (χ3v) is 7.58. The number of hydrogen-bond acceptors (Lipinski definition) is 3. The van der Waals surface area contributed by atoms with Gasteiger partial charge in [0.1, 0.15) is 12.9 Å². The van der Waals surface area contributed by atoms with Crippen LogP contribution in [0.4, 0.5) is 0 Å². The van der Waals surface area contributed by atoms with E-state index in [1.165, 1.54) is 43.3 Å². The molecule has 4 heteroatoms. The van der Waals surface area contributed by atoms with Gasteiger partial charge in [0.05, 0.1) is 12.5 Å². The standard InChI is InChI=1S/C34H26N3O/c1-3-37-17-7-9-22-13-14-30(34(38-2)33(22)37)32-26-10-5-4-8-23(26)18-31-27-12-6-11-25(24-19-35-21-36-20-24)28(27)15-16-29(31)32/h4-21H,3H2,1-2H3/q+1. The van der Waals surface area contributed by atoms with Gasteiger partial charge in [-0.25, -0.2) is 9.97 Å². The summed E-state index contributed by atoms with van der Waals surface area (Å²) in [6.07, 6.45) is 7.45. The maximum atomic E-state index is 6.18. The predicted molar refractivity (Wildman–Crippen MR) is 155 cm³/mol. The molecule has 0 fully saturated rings. The molecule has 7 aromatic rings. The molecule has 0 saturated heterocycles. The smallest absolute Gasteiger partial charge is 0.255 e. The monoisotopic (exact) mass is 492 g/mol. The van der Waals surface area contributed by atoms with E-state index in [1.807, 2.05) is 12.4 Å². The summed E-state index contributed by atoms with van der Waals surface area (Å²) in [7, 11) is 1.78. The normalized spacial score (nSPS) is 11.5. The Morgan fingerprint density at radius 3 is 2.32 bits per heavy atom. The van der Waals surface area contributed by atoms with Crippen molar-refractivity contribution in [2.24, 2.45) is 0 Å². The number of aromatic nitrogens is 3. The lowest BCUT2D eigenvalue weighted by Crippen LogP contribution is -2.32. The SMILES string of the molecule is CC[n+]1cccc2ccc(-c3c4ccccc4cc4c3ccc3c(-c5cncnc5)cccc34)c(OC)c21. The van der Waals surface area contributed by atoms with E-state index in [0.29, 0.717) is 0 Å². The zero-order chi connectivity index (χ0) is 25.6. The summed E-state index contributed by atoms with van der Waals surface area (Å²) in [4.78, 5) is 8.51. The molecule has 182 valence electrons. The van der Waals surface area contributed by atoms with Crippen LogP contribution < -0.4 is 9.30 Å². The quantitative estimate of drug-likeness (QED) is 0.143. The molecule has 2 aromatic heterocycles. The van der Waals surface area contributed by atoms with Crippen LogP contribution in [0.3, 0.4) is 0 Å². The van der Waals surface area contributed by atoms with E-state index in [4.69, 9.17) is 4.74 Å². The summed E-state index contributed by atoms with van der Waals surface area (Å²) in [5, 5.41) is 8.39. The van der Waals surface area contributed by atoms with Crippen molar-refractivity contribution in [1.82, 2.24) is 9.97 Å². The Kier molecular flexibility index (Phi) is 5.26. The number of nitrogens with zero attached hydrogens (tertiary/aromatic N) is 3. The van der Waals surface area contributed by atoms with Crippen LogP contribution in [0, 0.1) is 0 Å². The van der Waals surface area contributed by atoms with Crippen LogP contribution in [0.25, 0.3) is 65.5 Å². The van der Waals surface area contributed by atoms with Crippen molar-refractivity contribution in [3.8, 4) is 28.0 Å². The summed E-state index contributed by atoms with van der Waals surface area (Å²) in [5.74, 6) is 0.901. The van der Waals surface area contributed by atoms with Crippen LogP contribution in [-0.4, -0.2) is 17.1 Å². The molecule has 0 unspecified atom stereocenters. The van der Waals surface area contributed by atoms with Crippen molar-refractivity contribution >= 4 is 43.2 Å². The predicted octanol–water partition coefficient (Wildman–Crippen LogP) is 7.74. The van der Waals surface area contributed by atoms with Gasteiger partial charge in [-0.2, -0.15) is 4.57 Å². The Hall–Kier alpha value is -4.83. The number of rotatable bonds is 4. The first kappa shape index (κ1) is 22.4. The van der Waals surface area contributed by atoms with E-state index in [2.05, 4.69) is 113 Å². The largest absolute Gasteiger partial charge is 0.490 e. The minimum Gasteiger partial charge on any atom is -0.490 e. The van der Waals surface area contributed by atoms with Gasteiger partial charge in [0.15, 0.2) is 11.9 Å². The van der Waals surface area contributed by atoms with E-state index in [-0.39, 0.29) is 0 Å². The van der Waals surface area contributed by atoms with Crippen LogP contribution in [0.2, 0.25) is 0 Å². The lowest BCUT2D eigenvalue weighted by Gasteiger charge is -2.17. The Morgan fingerprint density at radius 1 is 0.684 bits per heavy atom. The fourth-order valence-corrected chi connectivity index (χ4v) is 5.90. The number of pyridine rings is 1. The van der Waals surface area contributed by atoms with Gasteiger partial charge in [-0.3, -0.25) is 0 Å². The molecule has 0 bridgehead atoms. The minimum atomic E-state index is 0.865. The third-order valence-electron chi connectivity index (χ3n) is 7.58. The van der Waals surface area contributed by atoms with Gasteiger partial charge in [0, 0.05) is 35.2 Å². The summed E-state index contributed by atoms with van der Waals surface area (Å²) in [6.45, 7) is 3.03. The number of benzene rings is 5. The van der Waals surface area contributed by atoms with Crippen molar-refractivity contribution < 1.29 is 9.30 Å². The van der Waals surface area contributed by atoms with Gasteiger partial charge in [-0.1, -0.05) is 54.6 Å². The van der Waals surface area contributed by atoms with Gasteiger partial charge < -0.3 is 4.74 Å². The highest BCUT2D eigenvalue weighted by atomic mass is 16.5. The minimum absolute atomic E-state index is 0.865. The van der Waals surface area contributed by atoms with Gasteiger partial charge in [-0.15, -0.1) is 0 Å². The van der Waals surface area contributed by atoms with Crippen molar-refractivity contribution in [2.75, 3.05) is 7.11 Å². The molecule has 0 radical (unpaired) electrons. The molecule has 4 nitrogen and oxygen atoms in total. The Balaban J connectivity index is 1.63. The fourth-order valence-electron chi connectivity index (χ4n) is 5.90. The molecule has 0 aliphatic carbocycles. The number of ether oxygens (including phenoxy) is 1. The van der Waals surface area contributed by atoms with Crippen molar-refractivity contribution in [2.45, 2.75) is 13.5 Å². The molecule has 0 aliphatic heterocycles. The topological polar surface area (TPSA) is 38.9 Å². The maximum absolute atomic E-state index is 6.18. The van der Waals surface area contributed by atoms with E-state index in [9.17, 15) is 0 Å². The second-order valence-corrected chi connectivity index (χ2v) is 9.54. The molecule has 0 amide bonds. The van der Waals surface area contributed by atoms with E-state index >= 15 is 0 Å². The van der Waals surface area contributed by atoms with Gasteiger partial charge in [-0.05, 0) is 69.1 Å². The van der Waals surface area contributed by atoms with Crippen LogP contribution in [0.1, 0.15) is 6.92 Å². The van der Waals surface area contributed by atoms with Crippen LogP contribution in [-0.2, 0) is 6.54 Å². The Morgan fingerprint density at radius 2 is 1.47 bits per heavy atom. The van der Waals surface area contributed by atoms with Crippen LogP contribution >= 0.6 is 0 Å². The van der Waals surface area contributed by atoms with Gasteiger partial charge >= 0.3 is 0 Å². The first-order valence-electron chi connectivity index (χ1n) is 12.9. The average molecular weight is 493 g/mol. The number of methoxy groups -OCH3 is 1. The summed E-state index contributed by atoms with van der Waals surface area (Å²) < 4.78 is 8.44. The fraction of sp³-hybridized carbons (Fsp3) is 0.0882. The number of hydrogen-bond donors (Lipinski definition) is 0. The Labute approximate surface area is 220 Å². The number of aryl methyl sites for hydroxylation is 1. The van der Waals surface area contributed by atoms with Gasteiger partial charge in [0.2, 0.25) is 0 Å². The summed E-state index contributed by atoms with van der Waals surface area (Å²) in [6, 6.07) is 30.6. The molecule has 2 heterocycles. The second-order valence-electron chi connectivity index (χ2n) is 9.54. The molecule has 5 aromatic carbocycles. The van der Waals surface area contributed by atoms with E-state index in [0.717, 1.165) is 34.5 Å². The van der Waals surface area contributed by atoms with E-state index < -0.39 is 0 Å². The van der Waals surface area contributed by atoms with E-state index in [1.54, 1.807) is 13.4 Å². The highest BCUT2D eigenvalue weighted by molar-refractivity contribution is 6.22. The first-order chi connectivity index (χ1) is 18.8. The average Bonchev–Trinajstić information content (AvgIpc) is 2.99. The molecular formula is C34H26N3O+. The van der Waals surface area contributed by atoms with Crippen molar-refractivity contribution in [1.29, 1.82) is 0 Å². The molecule has 0 atom stereocenters. The maximum Gasteiger partial charge on any atom is 0.255 e. The molecule has 0 spiro atoms. The van der Waals surface area contributed by atoms with Crippen molar-refractivity contribution in [3.63, 3.8) is 0 Å². The molecular weight excluding hydrogens is 466 g/mol. The lowest BCUT2D eigenvalue weighted by atomic mass is 9.88. The summed E-state index contributed by atoms with van der Waals surface area (Å²) >= 11 is 0. The highest BCUT2D eigenvalue weighted by Gasteiger charge is 2.22. The highest BCUT2D eigenvalue weighted by Crippen LogP contribution is 2.45. The second kappa shape index (κ2) is 8.93. The van der Waals surface area contributed by atoms with Crippen LogP contribution in [0.15, 0.2) is 110 Å². The molecule has 0 aliphatic rings. The molecule has 0 N–H and O–H groups in total.